The summed E-state index contributed by atoms with van der Waals surface area (Å²) in [5.41, 5.74) is 2.41. The second-order valence-electron chi connectivity index (χ2n) is 8.14. The van der Waals surface area contributed by atoms with E-state index in [2.05, 4.69) is 0 Å². The molecule has 0 fully saturated rings. The molecule has 1 atom stereocenters. The third-order valence-electron chi connectivity index (χ3n) is 6.02. The predicted octanol–water partition coefficient (Wildman–Crippen LogP) is 4.87. The first-order valence-electron chi connectivity index (χ1n) is 10.7. The summed E-state index contributed by atoms with van der Waals surface area (Å²) in [7, 11) is 0. The Morgan fingerprint density at radius 3 is 2.53 bits per heavy atom. The van der Waals surface area contributed by atoms with Crippen LogP contribution in [0.2, 0.25) is 5.02 Å². The molecule has 3 heterocycles. The highest BCUT2D eigenvalue weighted by Gasteiger charge is 2.38. The minimum Gasteiger partial charge on any atom is -0.506 e. The summed E-state index contributed by atoms with van der Waals surface area (Å²) in [6, 6.07) is 13.4. The van der Waals surface area contributed by atoms with Crippen LogP contribution in [0.15, 0.2) is 54.3 Å². The van der Waals surface area contributed by atoms with Crippen LogP contribution in [0.5, 0.6) is 28.7 Å². The van der Waals surface area contributed by atoms with Crippen molar-refractivity contribution in [2.24, 2.45) is 0 Å². The molecule has 170 valence electrons. The topological polar surface area (TPSA) is 91.3 Å². The average Bonchev–Trinajstić information content (AvgIpc) is 3.15. The van der Waals surface area contributed by atoms with Crippen molar-refractivity contribution in [3.8, 4) is 28.7 Å². The van der Waals surface area contributed by atoms with E-state index in [1.807, 2.05) is 6.07 Å². The van der Waals surface area contributed by atoms with E-state index in [4.69, 9.17) is 30.5 Å². The van der Waals surface area contributed by atoms with Crippen LogP contribution >= 0.6 is 11.6 Å². The number of hydrogen-bond donors (Lipinski definition) is 1. The monoisotopic (exact) mass is 476 g/mol. The average molecular weight is 477 g/mol. The number of carbonyl (C=O) groups excluding carboxylic acids is 2. The Kier molecular flexibility index (Phi) is 4.74. The van der Waals surface area contributed by atoms with E-state index in [0.717, 1.165) is 5.56 Å². The zero-order chi connectivity index (χ0) is 23.4. The molecule has 0 aliphatic carbocycles. The number of benzene rings is 3. The van der Waals surface area contributed by atoms with E-state index < -0.39 is 11.9 Å². The van der Waals surface area contributed by atoms with Gasteiger partial charge in [-0.3, -0.25) is 9.59 Å². The zero-order valence-electron chi connectivity index (χ0n) is 17.7. The van der Waals surface area contributed by atoms with Crippen LogP contribution < -0.4 is 18.9 Å². The minimum atomic E-state index is -0.453. The normalized spacial score (nSPS) is 19.3. The minimum absolute atomic E-state index is 0.0450. The van der Waals surface area contributed by atoms with Gasteiger partial charge in [-0.05, 0) is 53.6 Å². The molecule has 0 saturated carbocycles. The molecule has 3 aliphatic rings. The first-order chi connectivity index (χ1) is 16.5. The van der Waals surface area contributed by atoms with Crippen molar-refractivity contribution in [1.29, 1.82) is 0 Å². The molecule has 0 spiro atoms. The Morgan fingerprint density at radius 1 is 0.912 bits per heavy atom. The fraction of sp³-hybridized carbons (Fsp3) is 0.154. The van der Waals surface area contributed by atoms with Gasteiger partial charge in [0.05, 0.1) is 17.0 Å². The molecule has 34 heavy (non-hydrogen) atoms. The maximum Gasteiger partial charge on any atom is 0.312 e. The lowest BCUT2D eigenvalue weighted by atomic mass is 9.84. The number of ether oxygens (including phenoxy) is 4. The van der Waals surface area contributed by atoms with Crippen molar-refractivity contribution in [3.63, 3.8) is 0 Å². The highest BCUT2D eigenvalue weighted by molar-refractivity contribution is 6.32. The molecule has 0 amide bonds. The van der Waals surface area contributed by atoms with Gasteiger partial charge in [0, 0.05) is 11.5 Å². The quantitative estimate of drug-likeness (QED) is 0.320. The summed E-state index contributed by atoms with van der Waals surface area (Å²) in [4.78, 5) is 25.5. The van der Waals surface area contributed by atoms with Crippen molar-refractivity contribution >= 4 is 29.4 Å². The number of aromatic hydroxyl groups is 1. The third-order valence-corrected chi connectivity index (χ3v) is 6.32. The first-order valence-corrected chi connectivity index (χ1v) is 11.1. The number of phenolic OH excluding ortho intramolecular Hbond substituents is 1. The second-order valence-corrected chi connectivity index (χ2v) is 8.55. The standard InChI is InChI=1S/C26H17ClO7/c27-17-11-14(2-4-18(17)28)16-12-23(29)33-20-6-3-15-25(30)22(34-26(15)24(16)20)10-13-1-5-19-21(9-13)32-8-7-31-19/h1-6,9-11,16,28H,7-8,12H2/b22-10-/t16-/m1/s1. The van der Waals surface area contributed by atoms with E-state index in [-0.39, 0.29) is 28.7 Å². The van der Waals surface area contributed by atoms with Gasteiger partial charge in [0.1, 0.15) is 30.5 Å². The Morgan fingerprint density at radius 2 is 1.71 bits per heavy atom. The highest BCUT2D eigenvalue weighted by atomic mass is 35.5. The lowest BCUT2D eigenvalue weighted by Crippen LogP contribution is -2.21. The molecular weight excluding hydrogens is 460 g/mol. The maximum absolute atomic E-state index is 13.2. The van der Waals surface area contributed by atoms with Gasteiger partial charge in [-0.2, -0.15) is 0 Å². The molecule has 0 bridgehead atoms. The highest BCUT2D eigenvalue weighted by Crippen LogP contribution is 2.49. The summed E-state index contributed by atoms with van der Waals surface area (Å²) in [5, 5.41) is 9.98. The Labute approximate surface area is 199 Å². The van der Waals surface area contributed by atoms with Crippen LogP contribution in [-0.4, -0.2) is 30.1 Å². The Balaban J connectivity index is 1.42. The van der Waals surface area contributed by atoms with Crippen LogP contribution in [0.4, 0.5) is 0 Å². The smallest absolute Gasteiger partial charge is 0.312 e. The number of hydrogen-bond acceptors (Lipinski definition) is 7. The molecule has 0 unspecified atom stereocenters. The van der Waals surface area contributed by atoms with Gasteiger partial charge in [-0.1, -0.05) is 23.7 Å². The molecule has 0 aromatic heterocycles. The molecule has 6 rings (SSSR count). The van der Waals surface area contributed by atoms with Gasteiger partial charge in [-0.15, -0.1) is 0 Å². The molecule has 3 aromatic carbocycles. The van der Waals surface area contributed by atoms with Gasteiger partial charge >= 0.3 is 5.97 Å². The number of esters is 1. The van der Waals surface area contributed by atoms with Gasteiger partial charge < -0.3 is 24.1 Å². The summed E-state index contributed by atoms with van der Waals surface area (Å²) in [5.74, 6) is 0.915. The van der Waals surface area contributed by atoms with Crippen LogP contribution in [-0.2, 0) is 4.79 Å². The molecule has 8 heteroatoms. The molecule has 7 nitrogen and oxygen atoms in total. The molecule has 0 radical (unpaired) electrons. The van der Waals surface area contributed by atoms with E-state index >= 15 is 0 Å². The number of Topliss-reactive ketones (excluding diaryl/α,β-unsaturated/α-hetero) is 1. The van der Waals surface area contributed by atoms with Crippen LogP contribution in [0.25, 0.3) is 6.08 Å². The lowest BCUT2D eigenvalue weighted by molar-refractivity contribution is -0.135. The van der Waals surface area contributed by atoms with Crippen LogP contribution in [0.3, 0.4) is 0 Å². The van der Waals surface area contributed by atoms with Crippen LogP contribution in [0, 0.1) is 0 Å². The van der Waals surface area contributed by atoms with E-state index in [1.54, 1.807) is 42.5 Å². The lowest BCUT2D eigenvalue weighted by Gasteiger charge is -2.26. The van der Waals surface area contributed by atoms with Gasteiger partial charge in [0.25, 0.3) is 0 Å². The number of halogens is 1. The number of allylic oxidation sites excluding steroid dienone is 1. The maximum atomic E-state index is 13.2. The Hall–Kier alpha value is -3.97. The van der Waals surface area contributed by atoms with Crippen molar-refractivity contribution in [2.45, 2.75) is 12.3 Å². The number of fused-ring (bicyclic) bond motifs is 4. The van der Waals surface area contributed by atoms with Gasteiger partial charge in [-0.25, -0.2) is 0 Å². The molecule has 3 aromatic rings. The number of phenols is 1. The van der Waals surface area contributed by atoms with E-state index in [1.165, 1.54) is 6.07 Å². The summed E-state index contributed by atoms with van der Waals surface area (Å²) < 4.78 is 22.7. The third kappa shape index (κ3) is 3.36. The van der Waals surface area contributed by atoms with E-state index in [9.17, 15) is 14.7 Å². The summed E-state index contributed by atoms with van der Waals surface area (Å²) >= 11 is 6.12. The van der Waals surface area contributed by atoms with Gasteiger partial charge in [0.15, 0.2) is 17.3 Å². The van der Waals surface area contributed by atoms with Gasteiger partial charge in [0.2, 0.25) is 5.78 Å². The second kappa shape index (κ2) is 7.81. The number of ketones is 1. The zero-order valence-corrected chi connectivity index (χ0v) is 18.4. The van der Waals surface area contributed by atoms with E-state index in [0.29, 0.717) is 52.9 Å². The molecule has 1 N–H and O–H groups in total. The Bertz CT molecular complexity index is 1410. The fourth-order valence-corrected chi connectivity index (χ4v) is 4.62. The van der Waals surface area contributed by atoms with Crippen LogP contribution in [0.1, 0.15) is 39.4 Å². The molecule has 0 saturated heterocycles. The largest absolute Gasteiger partial charge is 0.506 e. The summed E-state index contributed by atoms with van der Waals surface area (Å²) in [6.07, 6.45) is 1.69. The molecule has 3 aliphatic heterocycles. The predicted molar refractivity (Wildman–Crippen MR) is 122 cm³/mol. The van der Waals surface area contributed by atoms with Crippen molar-refractivity contribution in [1.82, 2.24) is 0 Å². The summed E-state index contributed by atoms with van der Waals surface area (Å²) in [6.45, 7) is 0.953. The SMILES string of the molecule is O=C1C[C@H](c2ccc(O)c(Cl)c2)c2c(ccc3c2O/C(=C\c2ccc4c(c2)OCCO4)C3=O)O1. The number of carbonyl (C=O) groups is 2. The first kappa shape index (κ1) is 20.6. The van der Waals surface area contributed by atoms with Crippen molar-refractivity contribution in [3.05, 3.63) is 81.6 Å². The fourth-order valence-electron chi connectivity index (χ4n) is 4.43. The van der Waals surface area contributed by atoms with Crippen molar-refractivity contribution < 1.29 is 33.6 Å². The molecular formula is C26H17ClO7. The number of rotatable bonds is 2. The van der Waals surface area contributed by atoms with Crippen molar-refractivity contribution in [2.75, 3.05) is 13.2 Å².